The Kier molecular flexibility index (Phi) is 3.66. The number of hydrogen-bond acceptors (Lipinski definition) is 5. The Hall–Kier alpha value is -1.10. The van der Waals surface area contributed by atoms with Crippen LogP contribution in [0.2, 0.25) is 0 Å². The summed E-state index contributed by atoms with van der Waals surface area (Å²) in [5.41, 5.74) is 0. The minimum absolute atomic E-state index is 0.0783. The molecule has 17 heavy (non-hydrogen) atoms. The number of ether oxygens (including phenoxy) is 2. The van der Waals surface area contributed by atoms with E-state index in [1.54, 1.807) is 6.92 Å². The third-order valence-corrected chi connectivity index (χ3v) is 3.83. The number of rotatable bonds is 4. The second-order valence-electron chi connectivity index (χ2n) is 4.82. The molecule has 2 saturated carbocycles. The molecule has 2 fully saturated rings. The molecule has 0 spiro atoms. The maximum atomic E-state index is 11.6. The van der Waals surface area contributed by atoms with E-state index in [1.165, 1.54) is 0 Å². The second kappa shape index (κ2) is 5.04. The lowest BCUT2D eigenvalue weighted by molar-refractivity contribution is -0.165. The van der Waals surface area contributed by atoms with Gasteiger partial charge >= 0.3 is 11.9 Å². The van der Waals surface area contributed by atoms with E-state index >= 15 is 0 Å². The molecule has 2 aliphatic carbocycles. The summed E-state index contributed by atoms with van der Waals surface area (Å²) >= 11 is 0. The smallest absolute Gasteiger partial charge is 0.311 e. The molecule has 0 aromatic carbocycles. The molecule has 96 valence electrons. The van der Waals surface area contributed by atoms with Crippen LogP contribution >= 0.6 is 0 Å². The monoisotopic (exact) mass is 242 g/mol. The maximum Gasteiger partial charge on any atom is 0.311 e. The Bertz CT molecular complexity index is 314. The van der Waals surface area contributed by atoms with Crippen LogP contribution in [0.3, 0.4) is 0 Å². The molecule has 5 heteroatoms. The van der Waals surface area contributed by atoms with Crippen LogP contribution in [0, 0.1) is 17.8 Å². The van der Waals surface area contributed by atoms with Crippen LogP contribution in [0.15, 0.2) is 0 Å². The molecule has 0 amide bonds. The van der Waals surface area contributed by atoms with Crippen molar-refractivity contribution in [3.63, 3.8) is 0 Å². The number of carbonyl (C=O) groups is 2. The Labute approximate surface area is 100 Å². The Morgan fingerprint density at radius 2 is 2.06 bits per heavy atom. The lowest BCUT2D eigenvalue weighted by atomic mass is 9.86. The molecule has 0 radical (unpaired) electrons. The van der Waals surface area contributed by atoms with Crippen molar-refractivity contribution in [1.29, 1.82) is 0 Å². The van der Waals surface area contributed by atoms with Gasteiger partial charge in [-0.2, -0.15) is 0 Å². The van der Waals surface area contributed by atoms with Crippen molar-refractivity contribution in [3.05, 3.63) is 0 Å². The molecular formula is C12H18O5. The fourth-order valence-electron chi connectivity index (χ4n) is 3.12. The number of carbonyl (C=O) groups excluding carboxylic acids is 2. The zero-order chi connectivity index (χ0) is 12.4. The van der Waals surface area contributed by atoms with Crippen LogP contribution < -0.4 is 0 Å². The van der Waals surface area contributed by atoms with Gasteiger partial charge in [0.25, 0.3) is 0 Å². The van der Waals surface area contributed by atoms with Crippen molar-refractivity contribution in [3.8, 4) is 0 Å². The molecule has 2 aliphatic rings. The van der Waals surface area contributed by atoms with Gasteiger partial charge in [0.15, 0.2) is 6.79 Å². The van der Waals surface area contributed by atoms with Crippen LogP contribution in [0.5, 0.6) is 0 Å². The Balaban J connectivity index is 1.96. The van der Waals surface area contributed by atoms with Crippen molar-refractivity contribution in [2.45, 2.75) is 38.7 Å². The van der Waals surface area contributed by atoms with Gasteiger partial charge in [-0.05, 0) is 25.2 Å². The lowest BCUT2D eigenvalue weighted by Gasteiger charge is -2.27. The Morgan fingerprint density at radius 3 is 2.65 bits per heavy atom. The molecule has 5 nitrogen and oxygen atoms in total. The van der Waals surface area contributed by atoms with Crippen molar-refractivity contribution in [2.75, 3.05) is 6.79 Å². The zero-order valence-electron chi connectivity index (χ0n) is 9.93. The molecule has 0 aromatic rings. The van der Waals surface area contributed by atoms with Crippen LogP contribution in [-0.2, 0) is 19.1 Å². The van der Waals surface area contributed by atoms with E-state index in [4.69, 9.17) is 9.84 Å². The number of hydrogen-bond donors (Lipinski definition) is 1. The predicted octanol–water partition coefficient (Wildman–Crippen LogP) is 0.847. The van der Waals surface area contributed by atoms with Crippen molar-refractivity contribution in [2.24, 2.45) is 17.8 Å². The first-order chi connectivity index (χ1) is 8.15. The van der Waals surface area contributed by atoms with Crippen LogP contribution in [0.4, 0.5) is 0 Å². The number of fused-ring (bicyclic) bond motifs is 2. The van der Waals surface area contributed by atoms with Crippen molar-refractivity contribution < 1.29 is 24.2 Å². The lowest BCUT2D eigenvalue weighted by Crippen LogP contribution is -2.34. The summed E-state index contributed by atoms with van der Waals surface area (Å²) < 4.78 is 9.98. The van der Waals surface area contributed by atoms with E-state index in [0.29, 0.717) is 12.3 Å². The van der Waals surface area contributed by atoms with E-state index in [9.17, 15) is 9.59 Å². The fraction of sp³-hybridized carbons (Fsp3) is 0.833. The summed E-state index contributed by atoms with van der Waals surface area (Å²) in [7, 11) is 0. The van der Waals surface area contributed by atoms with Gasteiger partial charge in [0.1, 0.15) is 6.10 Å². The summed E-state index contributed by atoms with van der Waals surface area (Å²) in [4.78, 5) is 22.9. The third kappa shape index (κ3) is 2.44. The molecule has 4 atom stereocenters. The standard InChI is InChI=1S/C12H18O5/c1-2-11(14)17-10-5-7-3-8(10)9(4-7)12(15)16-6-13/h7-10,13H,2-6H2,1H3. The first kappa shape index (κ1) is 12.4. The van der Waals surface area contributed by atoms with Crippen LogP contribution in [0.25, 0.3) is 0 Å². The quantitative estimate of drug-likeness (QED) is 0.584. The molecule has 0 heterocycles. The van der Waals surface area contributed by atoms with Crippen LogP contribution in [-0.4, -0.2) is 29.9 Å². The first-order valence-corrected chi connectivity index (χ1v) is 6.12. The average Bonchev–Trinajstić information content (AvgIpc) is 2.88. The van der Waals surface area contributed by atoms with Gasteiger partial charge in [-0.25, -0.2) is 0 Å². The summed E-state index contributed by atoms with van der Waals surface area (Å²) in [6.45, 7) is 1.18. The topological polar surface area (TPSA) is 72.8 Å². The van der Waals surface area contributed by atoms with Gasteiger partial charge < -0.3 is 14.6 Å². The molecule has 4 unspecified atom stereocenters. The first-order valence-electron chi connectivity index (χ1n) is 6.12. The van der Waals surface area contributed by atoms with Gasteiger partial charge in [-0.3, -0.25) is 9.59 Å². The van der Waals surface area contributed by atoms with Gasteiger partial charge in [0, 0.05) is 12.3 Å². The molecule has 2 rings (SSSR count). The number of esters is 2. The highest BCUT2D eigenvalue weighted by atomic mass is 16.6. The zero-order valence-corrected chi connectivity index (χ0v) is 9.93. The van der Waals surface area contributed by atoms with Gasteiger partial charge in [0.05, 0.1) is 5.92 Å². The SMILES string of the molecule is CCC(=O)OC1CC2CC(C(=O)OCO)C1C2. The summed E-state index contributed by atoms with van der Waals surface area (Å²) in [6, 6.07) is 0. The summed E-state index contributed by atoms with van der Waals surface area (Å²) in [5.74, 6) is -0.259. The second-order valence-corrected chi connectivity index (χ2v) is 4.82. The fourth-order valence-corrected chi connectivity index (χ4v) is 3.12. The largest absolute Gasteiger partial charge is 0.462 e. The molecule has 2 bridgehead atoms. The van der Waals surface area contributed by atoms with Gasteiger partial charge in [-0.15, -0.1) is 0 Å². The van der Waals surface area contributed by atoms with E-state index in [2.05, 4.69) is 4.74 Å². The van der Waals surface area contributed by atoms with E-state index in [-0.39, 0.29) is 29.9 Å². The average molecular weight is 242 g/mol. The molecular weight excluding hydrogens is 224 g/mol. The van der Waals surface area contributed by atoms with Crippen LogP contribution in [0.1, 0.15) is 32.6 Å². The van der Waals surface area contributed by atoms with E-state index in [0.717, 1.165) is 19.3 Å². The van der Waals surface area contributed by atoms with Crippen molar-refractivity contribution >= 4 is 11.9 Å². The van der Waals surface area contributed by atoms with Crippen molar-refractivity contribution in [1.82, 2.24) is 0 Å². The highest BCUT2D eigenvalue weighted by Crippen LogP contribution is 2.50. The minimum Gasteiger partial charge on any atom is -0.462 e. The number of aliphatic hydroxyl groups is 1. The molecule has 0 aromatic heterocycles. The summed E-state index contributed by atoms with van der Waals surface area (Å²) in [6.07, 6.45) is 2.80. The molecule has 1 N–H and O–H groups in total. The summed E-state index contributed by atoms with van der Waals surface area (Å²) in [5, 5.41) is 8.59. The molecule has 0 aliphatic heterocycles. The van der Waals surface area contributed by atoms with E-state index in [1.807, 2.05) is 0 Å². The highest BCUT2D eigenvalue weighted by Gasteiger charge is 2.51. The Morgan fingerprint density at radius 1 is 1.29 bits per heavy atom. The van der Waals surface area contributed by atoms with E-state index < -0.39 is 6.79 Å². The number of aliphatic hydroxyl groups excluding tert-OH is 1. The van der Waals surface area contributed by atoms with Gasteiger partial charge in [0.2, 0.25) is 0 Å². The molecule has 0 saturated heterocycles. The normalized spacial score (nSPS) is 34.7. The predicted molar refractivity (Wildman–Crippen MR) is 57.7 cm³/mol. The highest BCUT2D eigenvalue weighted by molar-refractivity contribution is 5.74. The van der Waals surface area contributed by atoms with Gasteiger partial charge in [-0.1, -0.05) is 6.92 Å². The third-order valence-electron chi connectivity index (χ3n) is 3.83. The minimum atomic E-state index is -0.577. The maximum absolute atomic E-state index is 11.6.